The number of hydrogen-bond donors (Lipinski definition) is 1. The van der Waals surface area contributed by atoms with Gasteiger partial charge in [-0.25, -0.2) is 18.2 Å². The molecule has 0 bridgehead atoms. The first-order valence-electron chi connectivity index (χ1n) is 3.35. The van der Waals surface area contributed by atoms with E-state index in [1.54, 1.807) is 0 Å². The SMILES string of the molecule is O=C(O)c1cnc(CS(=O)(=O)Cl)cn1. The molecule has 0 fully saturated rings. The number of carboxylic acid groups (broad SMARTS) is 1. The lowest BCUT2D eigenvalue weighted by atomic mass is 10.4. The molecule has 1 rings (SSSR count). The molecule has 0 amide bonds. The third-order valence-electron chi connectivity index (χ3n) is 1.24. The minimum atomic E-state index is -3.69. The Morgan fingerprint density at radius 2 is 2.07 bits per heavy atom. The second-order valence-corrected chi connectivity index (χ2v) is 5.16. The van der Waals surface area contributed by atoms with E-state index in [9.17, 15) is 13.2 Å². The molecule has 0 aliphatic carbocycles. The van der Waals surface area contributed by atoms with Gasteiger partial charge in [0.05, 0.1) is 18.1 Å². The standard InChI is InChI=1S/C6H5ClN2O4S/c7-14(12,13)3-4-1-9-5(2-8-4)6(10)11/h1-2H,3H2,(H,10,11). The molecule has 14 heavy (non-hydrogen) atoms. The molecule has 0 aliphatic rings. The van der Waals surface area contributed by atoms with E-state index in [1.807, 2.05) is 0 Å². The average Bonchev–Trinajstić information content (AvgIpc) is 2.02. The maximum Gasteiger partial charge on any atom is 0.356 e. The summed E-state index contributed by atoms with van der Waals surface area (Å²) in [4.78, 5) is 17.4. The highest BCUT2D eigenvalue weighted by Gasteiger charge is 2.10. The second-order valence-electron chi connectivity index (χ2n) is 2.38. The van der Waals surface area contributed by atoms with Gasteiger partial charge >= 0.3 is 5.97 Å². The normalized spacial score (nSPS) is 11.2. The Bertz CT molecular complexity index is 441. The van der Waals surface area contributed by atoms with Crippen molar-refractivity contribution in [3.63, 3.8) is 0 Å². The number of hydrogen-bond acceptors (Lipinski definition) is 5. The minimum Gasteiger partial charge on any atom is -0.476 e. The summed E-state index contributed by atoms with van der Waals surface area (Å²) < 4.78 is 21.2. The van der Waals surface area contributed by atoms with Gasteiger partial charge in [-0.1, -0.05) is 0 Å². The first-order valence-corrected chi connectivity index (χ1v) is 5.83. The first-order chi connectivity index (χ1) is 6.38. The van der Waals surface area contributed by atoms with Crippen molar-refractivity contribution in [3.8, 4) is 0 Å². The van der Waals surface area contributed by atoms with Crippen LogP contribution in [0.25, 0.3) is 0 Å². The van der Waals surface area contributed by atoms with Crippen molar-refractivity contribution in [2.24, 2.45) is 0 Å². The fourth-order valence-corrected chi connectivity index (χ4v) is 1.55. The first kappa shape index (κ1) is 10.9. The number of aromatic nitrogens is 2. The van der Waals surface area contributed by atoms with Gasteiger partial charge in [0.1, 0.15) is 5.75 Å². The van der Waals surface area contributed by atoms with E-state index in [1.165, 1.54) is 0 Å². The van der Waals surface area contributed by atoms with Crippen LogP contribution in [-0.2, 0) is 14.8 Å². The van der Waals surface area contributed by atoms with E-state index in [2.05, 4.69) is 9.97 Å². The van der Waals surface area contributed by atoms with Crippen LogP contribution in [0.1, 0.15) is 16.2 Å². The molecule has 8 heteroatoms. The predicted octanol–water partition coefficient (Wildman–Crippen LogP) is 0.243. The van der Waals surface area contributed by atoms with Gasteiger partial charge in [-0.15, -0.1) is 0 Å². The van der Waals surface area contributed by atoms with Crippen molar-refractivity contribution in [3.05, 3.63) is 23.8 Å². The van der Waals surface area contributed by atoms with Crippen molar-refractivity contribution in [2.75, 3.05) is 0 Å². The van der Waals surface area contributed by atoms with Crippen LogP contribution < -0.4 is 0 Å². The Hall–Kier alpha value is -1.21. The molecule has 1 heterocycles. The monoisotopic (exact) mass is 236 g/mol. The van der Waals surface area contributed by atoms with Gasteiger partial charge in [-0.05, 0) is 0 Å². The zero-order chi connectivity index (χ0) is 10.8. The third-order valence-corrected chi connectivity index (χ3v) is 2.21. The Labute approximate surface area is 84.0 Å². The molecule has 0 aliphatic heterocycles. The topological polar surface area (TPSA) is 97.2 Å². The Balaban J connectivity index is 2.90. The van der Waals surface area contributed by atoms with Crippen molar-refractivity contribution in [1.29, 1.82) is 0 Å². The van der Waals surface area contributed by atoms with E-state index >= 15 is 0 Å². The van der Waals surface area contributed by atoms with Gasteiger partial charge in [0.25, 0.3) is 0 Å². The summed E-state index contributed by atoms with van der Waals surface area (Å²) in [6, 6.07) is 0. The summed E-state index contributed by atoms with van der Waals surface area (Å²) in [6.45, 7) is 0. The van der Waals surface area contributed by atoms with Crippen LogP contribution in [0.3, 0.4) is 0 Å². The van der Waals surface area contributed by atoms with Crippen LogP contribution in [0.4, 0.5) is 0 Å². The summed E-state index contributed by atoms with van der Waals surface area (Å²) in [5.74, 6) is -1.70. The van der Waals surface area contributed by atoms with Gasteiger partial charge in [0, 0.05) is 10.7 Å². The van der Waals surface area contributed by atoms with Gasteiger partial charge < -0.3 is 5.11 Å². The molecule has 1 aromatic heterocycles. The number of halogens is 1. The van der Waals surface area contributed by atoms with Gasteiger partial charge in [-0.3, -0.25) is 4.98 Å². The maximum absolute atomic E-state index is 10.6. The lowest BCUT2D eigenvalue weighted by Gasteiger charge is -1.96. The van der Waals surface area contributed by atoms with Crippen LogP contribution in [0.15, 0.2) is 12.4 Å². The molecule has 76 valence electrons. The molecular weight excluding hydrogens is 232 g/mol. The second kappa shape index (κ2) is 3.89. The molecule has 0 spiro atoms. The largest absolute Gasteiger partial charge is 0.476 e. The number of nitrogens with zero attached hydrogens (tertiary/aromatic N) is 2. The fourth-order valence-electron chi connectivity index (χ4n) is 0.716. The Kier molecular flexibility index (Phi) is 3.02. The van der Waals surface area contributed by atoms with Crippen molar-refractivity contribution >= 4 is 25.7 Å². The lowest BCUT2D eigenvalue weighted by molar-refractivity contribution is 0.0690. The quantitative estimate of drug-likeness (QED) is 0.756. The van der Waals surface area contributed by atoms with Gasteiger partial charge in [0.2, 0.25) is 9.05 Å². The average molecular weight is 237 g/mol. The molecule has 0 unspecified atom stereocenters. The lowest BCUT2D eigenvalue weighted by Crippen LogP contribution is -2.04. The number of carbonyl (C=O) groups is 1. The summed E-state index contributed by atoms with van der Waals surface area (Å²) in [5, 5.41) is 8.46. The molecule has 0 saturated carbocycles. The zero-order valence-electron chi connectivity index (χ0n) is 6.71. The van der Waals surface area contributed by atoms with E-state index in [0.717, 1.165) is 12.4 Å². The van der Waals surface area contributed by atoms with Crippen LogP contribution in [0.5, 0.6) is 0 Å². The Morgan fingerprint density at radius 3 is 2.43 bits per heavy atom. The molecule has 1 N–H and O–H groups in total. The fraction of sp³-hybridized carbons (Fsp3) is 0.167. The highest BCUT2D eigenvalue weighted by atomic mass is 35.7. The van der Waals surface area contributed by atoms with E-state index in [0.29, 0.717) is 0 Å². The maximum atomic E-state index is 10.6. The van der Waals surface area contributed by atoms with Crippen molar-refractivity contribution in [1.82, 2.24) is 9.97 Å². The van der Waals surface area contributed by atoms with Crippen LogP contribution >= 0.6 is 10.7 Å². The Morgan fingerprint density at radius 1 is 1.43 bits per heavy atom. The van der Waals surface area contributed by atoms with E-state index < -0.39 is 20.8 Å². The number of carboxylic acids is 1. The highest BCUT2D eigenvalue weighted by Crippen LogP contribution is 2.05. The van der Waals surface area contributed by atoms with Gasteiger partial charge in [-0.2, -0.15) is 0 Å². The summed E-state index contributed by atoms with van der Waals surface area (Å²) in [7, 11) is 1.27. The zero-order valence-corrected chi connectivity index (χ0v) is 8.29. The summed E-state index contributed by atoms with van der Waals surface area (Å²) >= 11 is 0. The summed E-state index contributed by atoms with van der Waals surface area (Å²) in [5.41, 5.74) is -0.147. The predicted molar refractivity (Wildman–Crippen MR) is 47.5 cm³/mol. The van der Waals surface area contributed by atoms with Crippen molar-refractivity contribution < 1.29 is 18.3 Å². The highest BCUT2D eigenvalue weighted by molar-refractivity contribution is 8.13. The molecule has 0 atom stereocenters. The van der Waals surface area contributed by atoms with Crippen molar-refractivity contribution in [2.45, 2.75) is 5.75 Å². The number of aromatic carboxylic acids is 1. The number of rotatable bonds is 3. The molecule has 6 nitrogen and oxygen atoms in total. The van der Waals surface area contributed by atoms with Crippen LogP contribution in [-0.4, -0.2) is 29.5 Å². The van der Waals surface area contributed by atoms with Crippen LogP contribution in [0, 0.1) is 0 Å². The molecular formula is C6H5ClN2O4S. The summed E-state index contributed by atoms with van der Waals surface area (Å²) in [6.07, 6.45) is 2.03. The molecule has 0 aromatic carbocycles. The van der Waals surface area contributed by atoms with E-state index in [-0.39, 0.29) is 11.4 Å². The minimum absolute atomic E-state index is 0.102. The molecule has 1 aromatic rings. The molecule has 0 saturated heterocycles. The van der Waals surface area contributed by atoms with Crippen LogP contribution in [0.2, 0.25) is 0 Å². The smallest absolute Gasteiger partial charge is 0.356 e. The van der Waals surface area contributed by atoms with E-state index in [4.69, 9.17) is 15.8 Å². The third kappa shape index (κ3) is 3.27. The molecule has 0 radical (unpaired) electrons. The van der Waals surface area contributed by atoms with Gasteiger partial charge in [0.15, 0.2) is 5.69 Å².